The summed E-state index contributed by atoms with van der Waals surface area (Å²) in [6.45, 7) is 4.85. The second-order valence-corrected chi connectivity index (χ2v) is 3.06. The van der Waals surface area contributed by atoms with Gasteiger partial charge in [0, 0.05) is 18.3 Å². The largest absolute Gasteiger partial charge is 0.346 e. The van der Waals surface area contributed by atoms with Crippen molar-refractivity contribution in [3.63, 3.8) is 0 Å². The first-order chi connectivity index (χ1) is 5.22. The maximum atomic E-state index is 5.49. The van der Waals surface area contributed by atoms with Gasteiger partial charge >= 0.3 is 0 Å². The molecule has 0 spiro atoms. The van der Waals surface area contributed by atoms with Gasteiger partial charge < -0.3 is 10.7 Å². The van der Waals surface area contributed by atoms with Crippen LogP contribution < -0.4 is 5.73 Å². The topological polar surface area (TPSA) is 54.7 Å². The Kier molecular flexibility index (Phi) is 2.65. The Bertz CT molecular complexity index is 217. The lowest BCUT2D eigenvalue weighted by Gasteiger charge is -2.03. The van der Waals surface area contributed by atoms with Crippen LogP contribution in [0.2, 0.25) is 0 Å². The third-order valence-electron chi connectivity index (χ3n) is 1.70. The van der Waals surface area contributed by atoms with Gasteiger partial charge in [-0.25, -0.2) is 4.98 Å². The van der Waals surface area contributed by atoms with Crippen molar-refractivity contribution in [1.82, 2.24) is 9.97 Å². The lowest BCUT2D eigenvalue weighted by molar-refractivity contribution is 0.576. The van der Waals surface area contributed by atoms with Gasteiger partial charge in [0.15, 0.2) is 0 Å². The molecule has 1 aromatic heterocycles. The van der Waals surface area contributed by atoms with Crippen molar-refractivity contribution in [3.8, 4) is 0 Å². The molecule has 3 heteroatoms. The van der Waals surface area contributed by atoms with E-state index in [-0.39, 0.29) is 0 Å². The lowest BCUT2D eigenvalue weighted by Crippen LogP contribution is -2.13. The van der Waals surface area contributed by atoms with Crippen LogP contribution in [0.15, 0.2) is 6.20 Å². The van der Waals surface area contributed by atoms with E-state index < -0.39 is 0 Å². The summed E-state index contributed by atoms with van der Waals surface area (Å²) in [4.78, 5) is 7.37. The fraction of sp³-hybridized carbons (Fsp3) is 0.625. The van der Waals surface area contributed by atoms with Crippen molar-refractivity contribution in [2.75, 3.05) is 6.54 Å². The van der Waals surface area contributed by atoms with Crippen molar-refractivity contribution in [3.05, 3.63) is 17.7 Å². The van der Waals surface area contributed by atoms with Crippen LogP contribution in [-0.4, -0.2) is 16.5 Å². The second kappa shape index (κ2) is 3.53. The number of imidazole rings is 1. The lowest BCUT2D eigenvalue weighted by atomic mass is 10.1. The Balaban J connectivity index is 2.50. The van der Waals surface area contributed by atoms with E-state index in [1.54, 1.807) is 0 Å². The summed E-state index contributed by atoms with van der Waals surface area (Å²) in [6, 6.07) is 0. The molecule has 1 heterocycles. The van der Waals surface area contributed by atoms with Crippen molar-refractivity contribution < 1.29 is 0 Å². The van der Waals surface area contributed by atoms with E-state index in [9.17, 15) is 0 Å². The van der Waals surface area contributed by atoms with Gasteiger partial charge in [0.2, 0.25) is 0 Å². The first-order valence-electron chi connectivity index (χ1n) is 3.93. The Labute approximate surface area is 67.0 Å². The molecule has 0 aromatic carbocycles. The van der Waals surface area contributed by atoms with Gasteiger partial charge in [-0.1, -0.05) is 6.92 Å². The number of nitrogens with two attached hydrogens (primary N) is 1. The highest BCUT2D eigenvalue weighted by molar-refractivity contribution is 4.98. The van der Waals surface area contributed by atoms with Crippen LogP contribution in [0.25, 0.3) is 0 Å². The maximum Gasteiger partial charge on any atom is 0.106 e. The summed E-state index contributed by atoms with van der Waals surface area (Å²) in [6.07, 6.45) is 2.79. The number of rotatable bonds is 3. The minimum absolute atomic E-state index is 0.514. The van der Waals surface area contributed by atoms with Gasteiger partial charge in [0.25, 0.3) is 0 Å². The molecule has 62 valence electrons. The van der Waals surface area contributed by atoms with E-state index in [0.717, 1.165) is 24.5 Å². The van der Waals surface area contributed by atoms with Gasteiger partial charge in [0.05, 0.1) is 0 Å². The van der Waals surface area contributed by atoms with Crippen LogP contribution in [0.4, 0.5) is 0 Å². The summed E-state index contributed by atoms with van der Waals surface area (Å²) in [5, 5.41) is 0. The average molecular weight is 153 g/mol. The number of aromatic nitrogens is 2. The van der Waals surface area contributed by atoms with E-state index in [0.29, 0.717) is 5.92 Å². The highest BCUT2D eigenvalue weighted by Gasteiger charge is 2.02. The van der Waals surface area contributed by atoms with Crippen LogP contribution in [-0.2, 0) is 6.42 Å². The molecule has 1 atom stereocenters. The molecule has 3 N–H and O–H groups in total. The molecular formula is C8H15N3. The number of hydrogen-bond acceptors (Lipinski definition) is 2. The van der Waals surface area contributed by atoms with Crippen LogP contribution in [0.3, 0.4) is 0 Å². The van der Waals surface area contributed by atoms with E-state index in [4.69, 9.17) is 5.73 Å². The predicted molar refractivity (Wildman–Crippen MR) is 45.2 cm³/mol. The fourth-order valence-electron chi connectivity index (χ4n) is 0.984. The molecule has 0 amide bonds. The van der Waals surface area contributed by atoms with Crippen molar-refractivity contribution in [2.24, 2.45) is 11.7 Å². The van der Waals surface area contributed by atoms with Crippen LogP contribution in [0.1, 0.15) is 18.4 Å². The average Bonchev–Trinajstić information content (AvgIpc) is 2.35. The van der Waals surface area contributed by atoms with Gasteiger partial charge in [-0.05, 0) is 19.4 Å². The Morgan fingerprint density at radius 1 is 1.73 bits per heavy atom. The van der Waals surface area contributed by atoms with Crippen LogP contribution >= 0.6 is 0 Å². The summed E-state index contributed by atoms with van der Waals surface area (Å²) >= 11 is 0. The molecule has 1 rings (SSSR count). The summed E-state index contributed by atoms with van der Waals surface area (Å²) < 4.78 is 0. The van der Waals surface area contributed by atoms with Gasteiger partial charge in [-0.15, -0.1) is 0 Å². The molecule has 1 unspecified atom stereocenters. The standard InChI is InChI=1S/C8H15N3/c1-6(4-9)3-8-10-5-7(2)11-8/h5-6H,3-4,9H2,1-2H3,(H,10,11). The zero-order valence-corrected chi connectivity index (χ0v) is 7.09. The van der Waals surface area contributed by atoms with E-state index >= 15 is 0 Å². The first-order valence-corrected chi connectivity index (χ1v) is 3.93. The fourth-order valence-corrected chi connectivity index (χ4v) is 0.984. The van der Waals surface area contributed by atoms with Gasteiger partial charge in [-0.3, -0.25) is 0 Å². The number of nitrogens with one attached hydrogen (secondary N) is 1. The third kappa shape index (κ3) is 2.35. The predicted octanol–water partition coefficient (Wildman–Crippen LogP) is 0.855. The number of H-pyrrole nitrogens is 1. The Hall–Kier alpha value is -0.830. The number of nitrogens with zero attached hydrogens (tertiary/aromatic N) is 1. The third-order valence-corrected chi connectivity index (χ3v) is 1.70. The molecular weight excluding hydrogens is 138 g/mol. The molecule has 11 heavy (non-hydrogen) atoms. The molecule has 3 nitrogen and oxygen atoms in total. The van der Waals surface area contributed by atoms with Gasteiger partial charge in [-0.2, -0.15) is 0 Å². The van der Waals surface area contributed by atoms with E-state index in [2.05, 4.69) is 16.9 Å². The smallest absolute Gasteiger partial charge is 0.106 e. The molecule has 0 fully saturated rings. The zero-order valence-electron chi connectivity index (χ0n) is 7.09. The minimum Gasteiger partial charge on any atom is -0.346 e. The van der Waals surface area contributed by atoms with Crippen LogP contribution in [0, 0.1) is 12.8 Å². The second-order valence-electron chi connectivity index (χ2n) is 3.06. The molecule has 0 saturated carbocycles. The molecule has 1 aromatic rings. The normalized spacial score (nSPS) is 13.4. The molecule has 0 radical (unpaired) electrons. The summed E-state index contributed by atoms with van der Waals surface area (Å²) in [5.74, 6) is 1.56. The number of hydrogen-bond donors (Lipinski definition) is 2. The molecule has 0 saturated heterocycles. The van der Waals surface area contributed by atoms with Crippen molar-refractivity contribution in [2.45, 2.75) is 20.3 Å². The highest BCUT2D eigenvalue weighted by Crippen LogP contribution is 2.02. The molecule has 0 bridgehead atoms. The zero-order chi connectivity index (χ0) is 8.27. The SMILES string of the molecule is Cc1cnc(CC(C)CN)[nH]1. The summed E-state index contributed by atoms with van der Waals surface area (Å²) in [5.41, 5.74) is 6.60. The van der Waals surface area contributed by atoms with E-state index in [1.807, 2.05) is 13.1 Å². The van der Waals surface area contributed by atoms with E-state index in [1.165, 1.54) is 0 Å². The van der Waals surface area contributed by atoms with Crippen LogP contribution in [0.5, 0.6) is 0 Å². The molecule has 0 aliphatic rings. The quantitative estimate of drug-likeness (QED) is 0.676. The van der Waals surface area contributed by atoms with Crippen molar-refractivity contribution in [1.29, 1.82) is 0 Å². The maximum absolute atomic E-state index is 5.49. The number of aromatic amines is 1. The molecule has 0 aliphatic carbocycles. The Morgan fingerprint density at radius 3 is 2.91 bits per heavy atom. The first kappa shape index (κ1) is 8.27. The minimum atomic E-state index is 0.514. The molecule has 0 aliphatic heterocycles. The number of aryl methyl sites for hydroxylation is 1. The van der Waals surface area contributed by atoms with Crippen molar-refractivity contribution >= 4 is 0 Å². The monoisotopic (exact) mass is 153 g/mol. The highest BCUT2D eigenvalue weighted by atomic mass is 14.9. The van der Waals surface area contributed by atoms with Gasteiger partial charge in [0.1, 0.15) is 5.82 Å². The Morgan fingerprint density at radius 2 is 2.45 bits per heavy atom. The summed E-state index contributed by atoms with van der Waals surface area (Å²) in [7, 11) is 0.